The molecule has 110 valence electrons. The number of nitrogens with zero attached hydrogens (tertiary/aromatic N) is 2. The van der Waals surface area contributed by atoms with Crippen LogP contribution in [0.3, 0.4) is 0 Å². The second kappa shape index (κ2) is 5.77. The van der Waals surface area contributed by atoms with Crippen molar-refractivity contribution in [3.8, 4) is 11.3 Å². The van der Waals surface area contributed by atoms with Crippen LogP contribution in [-0.2, 0) is 4.74 Å². The van der Waals surface area contributed by atoms with Crippen molar-refractivity contribution in [3.05, 3.63) is 58.5 Å². The van der Waals surface area contributed by atoms with Gasteiger partial charge in [0, 0.05) is 11.8 Å². The van der Waals surface area contributed by atoms with Crippen LogP contribution in [0.1, 0.15) is 17.4 Å². The molecular weight excluding hydrogens is 282 g/mol. The van der Waals surface area contributed by atoms with E-state index in [0.717, 1.165) is 11.3 Å². The molecule has 2 heterocycles. The summed E-state index contributed by atoms with van der Waals surface area (Å²) in [7, 11) is 0. The van der Waals surface area contributed by atoms with E-state index in [1.807, 2.05) is 24.3 Å². The number of aromatic nitrogens is 3. The minimum absolute atomic E-state index is 0.186. The van der Waals surface area contributed by atoms with E-state index in [9.17, 15) is 9.59 Å². The molecule has 0 radical (unpaired) electrons. The summed E-state index contributed by atoms with van der Waals surface area (Å²) in [6.45, 7) is 1.86. The summed E-state index contributed by atoms with van der Waals surface area (Å²) >= 11 is 0. The molecule has 0 unspecified atom stereocenters. The maximum Gasteiger partial charge on any atom is 0.362 e. The Labute approximate surface area is 125 Å². The molecule has 0 aliphatic rings. The minimum Gasteiger partial charge on any atom is -0.461 e. The van der Waals surface area contributed by atoms with Crippen LogP contribution in [0.25, 0.3) is 22.2 Å². The number of rotatable bonds is 3. The zero-order valence-corrected chi connectivity index (χ0v) is 11.9. The zero-order chi connectivity index (χ0) is 15.5. The smallest absolute Gasteiger partial charge is 0.362 e. The van der Waals surface area contributed by atoms with E-state index in [2.05, 4.69) is 15.2 Å². The molecule has 6 nitrogen and oxygen atoms in total. The predicted molar refractivity (Wildman–Crippen MR) is 81.6 cm³/mol. The third-order valence-corrected chi connectivity index (χ3v) is 3.20. The zero-order valence-electron chi connectivity index (χ0n) is 11.9. The molecule has 1 aromatic carbocycles. The molecule has 0 saturated heterocycles. The average Bonchev–Trinajstić information content (AvgIpc) is 2.56. The maximum atomic E-state index is 12.4. The summed E-state index contributed by atoms with van der Waals surface area (Å²) in [5.74, 6) is -0.728. The molecule has 2 aromatic heterocycles. The molecule has 0 atom stereocenters. The van der Waals surface area contributed by atoms with Gasteiger partial charge in [-0.15, -0.1) is 0 Å². The SMILES string of the molecule is CCOC(=O)c1n[nH]c2ccc(-c3ccccn3)cc2c1=O. The summed E-state index contributed by atoms with van der Waals surface area (Å²) in [4.78, 5) is 28.4. The fraction of sp³-hybridized carbons (Fsp3) is 0.125. The van der Waals surface area contributed by atoms with Gasteiger partial charge in [-0.1, -0.05) is 12.1 Å². The van der Waals surface area contributed by atoms with Gasteiger partial charge in [0.1, 0.15) is 0 Å². The largest absolute Gasteiger partial charge is 0.461 e. The fourth-order valence-corrected chi connectivity index (χ4v) is 2.15. The molecule has 0 bridgehead atoms. The van der Waals surface area contributed by atoms with Gasteiger partial charge in [0.15, 0.2) is 0 Å². The number of hydrogen-bond donors (Lipinski definition) is 1. The number of fused-ring (bicyclic) bond motifs is 1. The van der Waals surface area contributed by atoms with Crippen molar-refractivity contribution in [1.29, 1.82) is 0 Å². The molecule has 6 heteroatoms. The number of carbonyl (C=O) groups excluding carboxylic acids is 1. The van der Waals surface area contributed by atoms with Crippen molar-refractivity contribution >= 4 is 16.9 Å². The average molecular weight is 295 g/mol. The Kier molecular flexibility index (Phi) is 3.65. The standard InChI is InChI=1S/C16H13N3O3/c1-2-22-16(21)14-15(20)11-9-10(6-7-13(11)18-19-14)12-5-3-4-8-17-12/h3-9H,2H2,1H3,(H,18,20). The van der Waals surface area contributed by atoms with E-state index in [1.54, 1.807) is 25.3 Å². The molecule has 0 aliphatic heterocycles. The fourth-order valence-electron chi connectivity index (χ4n) is 2.15. The highest BCUT2D eigenvalue weighted by Gasteiger charge is 2.16. The van der Waals surface area contributed by atoms with Gasteiger partial charge in [-0.3, -0.25) is 14.9 Å². The third-order valence-electron chi connectivity index (χ3n) is 3.20. The van der Waals surface area contributed by atoms with E-state index < -0.39 is 11.4 Å². The lowest BCUT2D eigenvalue weighted by molar-refractivity contribution is 0.0517. The highest BCUT2D eigenvalue weighted by Crippen LogP contribution is 2.19. The first-order valence-corrected chi connectivity index (χ1v) is 6.81. The summed E-state index contributed by atoms with van der Waals surface area (Å²) in [6.07, 6.45) is 1.68. The number of esters is 1. The molecule has 1 N–H and O–H groups in total. The highest BCUT2D eigenvalue weighted by molar-refractivity contribution is 5.92. The van der Waals surface area contributed by atoms with E-state index in [-0.39, 0.29) is 12.3 Å². The van der Waals surface area contributed by atoms with E-state index in [1.165, 1.54) is 0 Å². The van der Waals surface area contributed by atoms with Gasteiger partial charge in [0.25, 0.3) is 0 Å². The Morgan fingerprint density at radius 2 is 2.14 bits per heavy atom. The van der Waals surface area contributed by atoms with Crippen LogP contribution < -0.4 is 5.43 Å². The molecule has 0 spiro atoms. The lowest BCUT2D eigenvalue weighted by Crippen LogP contribution is -2.20. The van der Waals surface area contributed by atoms with Gasteiger partial charge in [-0.25, -0.2) is 4.79 Å². The molecule has 3 rings (SSSR count). The Hall–Kier alpha value is -3.02. The number of pyridine rings is 1. The van der Waals surface area contributed by atoms with Gasteiger partial charge in [-0.05, 0) is 31.2 Å². The molecular formula is C16H13N3O3. The maximum absolute atomic E-state index is 12.4. The quantitative estimate of drug-likeness (QED) is 0.748. The monoisotopic (exact) mass is 295 g/mol. The minimum atomic E-state index is -0.728. The first-order chi connectivity index (χ1) is 10.7. The molecule has 0 fully saturated rings. The highest BCUT2D eigenvalue weighted by atomic mass is 16.5. The van der Waals surface area contributed by atoms with Crippen molar-refractivity contribution in [3.63, 3.8) is 0 Å². The predicted octanol–water partition coefficient (Wildman–Crippen LogP) is 2.16. The third kappa shape index (κ3) is 2.46. The number of aromatic amines is 1. The van der Waals surface area contributed by atoms with Crippen molar-refractivity contribution in [2.75, 3.05) is 6.61 Å². The number of hydrogen-bond acceptors (Lipinski definition) is 5. The van der Waals surface area contributed by atoms with E-state index in [0.29, 0.717) is 10.9 Å². The number of benzene rings is 1. The van der Waals surface area contributed by atoms with Gasteiger partial charge in [-0.2, -0.15) is 5.10 Å². The molecule has 0 saturated carbocycles. The first kappa shape index (κ1) is 13.9. The summed E-state index contributed by atoms with van der Waals surface area (Å²) in [5, 5.41) is 6.88. The molecule has 3 aromatic rings. The Balaban J connectivity index is 2.16. The summed E-state index contributed by atoms with van der Waals surface area (Å²) in [5.41, 5.74) is 1.40. The number of ether oxygens (including phenoxy) is 1. The van der Waals surface area contributed by atoms with Crippen molar-refractivity contribution in [2.45, 2.75) is 6.92 Å². The van der Waals surface area contributed by atoms with Crippen LogP contribution in [0.4, 0.5) is 0 Å². The first-order valence-electron chi connectivity index (χ1n) is 6.81. The molecule has 0 amide bonds. The van der Waals surface area contributed by atoms with Gasteiger partial charge in [0.05, 0.1) is 23.2 Å². The Morgan fingerprint density at radius 3 is 2.86 bits per heavy atom. The van der Waals surface area contributed by atoms with Crippen LogP contribution >= 0.6 is 0 Å². The van der Waals surface area contributed by atoms with Crippen LogP contribution in [-0.4, -0.2) is 27.8 Å². The van der Waals surface area contributed by atoms with E-state index >= 15 is 0 Å². The van der Waals surface area contributed by atoms with Gasteiger partial charge in [0.2, 0.25) is 11.1 Å². The van der Waals surface area contributed by atoms with Crippen LogP contribution in [0.15, 0.2) is 47.4 Å². The van der Waals surface area contributed by atoms with Crippen molar-refractivity contribution < 1.29 is 9.53 Å². The van der Waals surface area contributed by atoms with Crippen molar-refractivity contribution in [2.24, 2.45) is 0 Å². The van der Waals surface area contributed by atoms with Crippen molar-refractivity contribution in [1.82, 2.24) is 15.2 Å². The topological polar surface area (TPSA) is 84.9 Å². The lowest BCUT2D eigenvalue weighted by Gasteiger charge is -2.05. The second-order valence-corrected chi connectivity index (χ2v) is 4.60. The second-order valence-electron chi connectivity index (χ2n) is 4.60. The number of H-pyrrole nitrogens is 1. The Bertz CT molecular complexity index is 888. The van der Waals surface area contributed by atoms with Crippen LogP contribution in [0.5, 0.6) is 0 Å². The Morgan fingerprint density at radius 1 is 1.27 bits per heavy atom. The summed E-state index contributed by atoms with van der Waals surface area (Å²) in [6, 6.07) is 10.8. The van der Waals surface area contributed by atoms with E-state index in [4.69, 9.17) is 4.74 Å². The lowest BCUT2D eigenvalue weighted by atomic mass is 10.1. The van der Waals surface area contributed by atoms with Gasteiger partial charge < -0.3 is 4.74 Å². The normalized spacial score (nSPS) is 10.6. The molecule has 0 aliphatic carbocycles. The number of carbonyl (C=O) groups is 1. The van der Waals surface area contributed by atoms with Crippen LogP contribution in [0, 0.1) is 0 Å². The van der Waals surface area contributed by atoms with Gasteiger partial charge >= 0.3 is 5.97 Å². The van der Waals surface area contributed by atoms with Crippen LogP contribution in [0.2, 0.25) is 0 Å². The molecule has 22 heavy (non-hydrogen) atoms. The summed E-state index contributed by atoms with van der Waals surface area (Å²) < 4.78 is 4.84. The number of nitrogens with one attached hydrogen (secondary N) is 1.